The van der Waals surface area contributed by atoms with E-state index in [0.717, 1.165) is 57.8 Å². The van der Waals surface area contributed by atoms with Gasteiger partial charge in [0, 0.05) is 6.42 Å². The third-order valence-electron chi connectivity index (χ3n) is 11.7. The van der Waals surface area contributed by atoms with E-state index >= 15 is 0 Å². The highest BCUT2D eigenvalue weighted by Crippen LogP contribution is 2.43. The monoisotopic (exact) mass is 858 g/mol. The minimum Gasteiger partial charge on any atom is -0.391 e. The van der Waals surface area contributed by atoms with Gasteiger partial charge in [0.25, 0.3) is 0 Å². The standard InChI is InChI=1S/C50H101N2O6P/c1-6-8-10-12-14-16-18-19-20-21-22-23-24-25-26-27-28-29-30-31-32-33-34-35-37-39-41-43-49(53)48(47-58-59(55,56)57-46-45-52(3,4)5)51-50(54)44-42-40-38-36-17-15-13-11-9-7-2/h11,13,48-49,53H,6-10,12,14-47H2,1-5H3,(H-,51,54,55,56)/p+1/b13-11-. The Morgan fingerprint density at radius 2 is 0.949 bits per heavy atom. The Hall–Kier alpha value is -0.760. The van der Waals surface area contributed by atoms with Gasteiger partial charge in [-0.15, -0.1) is 0 Å². The number of aliphatic hydroxyl groups is 1. The van der Waals surface area contributed by atoms with E-state index in [9.17, 15) is 19.4 Å². The number of phosphoric acid groups is 1. The number of hydrogen-bond donors (Lipinski definition) is 3. The van der Waals surface area contributed by atoms with E-state index in [-0.39, 0.29) is 19.1 Å². The maximum Gasteiger partial charge on any atom is 0.472 e. The lowest BCUT2D eigenvalue weighted by molar-refractivity contribution is -0.870. The van der Waals surface area contributed by atoms with E-state index in [1.165, 1.54) is 167 Å². The smallest absolute Gasteiger partial charge is 0.391 e. The zero-order valence-corrected chi connectivity index (χ0v) is 40.9. The summed E-state index contributed by atoms with van der Waals surface area (Å²) in [5.74, 6) is -0.154. The van der Waals surface area contributed by atoms with Gasteiger partial charge >= 0.3 is 7.82 Å². The maximum absolute atomic E-state index is 12.8. The van der Waals surface area contributed by atoms with E-state index in [1.807, 2.05) is 21.1 Å². The molecule has 0 aliphatic rings. The number of quaternary nitrogens is 1. The molecule has 0 spiro atoms. The molecule has 1 amide bonds. The molecule has 0 fully saturated rings. The van der Waals surface area contributed by atoms with Gasteiger partial charge in [0.15, 0.2) is 0 Å². The highest BCUT2D eigenvalue weighted by Gasteiger charge is 2.28. The molecule has 3 atom stereocenters. The number of amides is 1. The van der Waals surface area contributed by atoms with E-state index < -0.39 is 20.0 Å². The molecule has 0 aromatic rings. The van der Waals surface area contributed by atoms with Crippen LogP contribution in [-0.2, 0) is 18.4 Å². The van der Waals surface area contributed by atoms with Crippen LogP contribution < -0.4 is 5.32 Å². The molecule has 0 bridgehead atoms. The fraction of sp³-hybridized carbons (Fsp3) is 0.940. The van der Waals surface area contributed by atoms with Crippen LogP contribution in [0.4, 0.5) is 0 Å². The fourth-order valence-corrected chi connectivity index (χ4v) is 8.43. The third-order valence-corrected chi connectivity index (χ3v) is 12.7. The Morgan fingerprint density at radius 3 is 1.37 bits per heavy atom. The lowest BCUT2D eigenvalue weighted by Gasteiger charge is -2.26. The van der Waals surface area contributed by atoms with Gasteiger partial charge in [-0.05, 0) is 32.1 Å². The van der Waals surface area contributed by atoms with Crippen molar-refractivity contribution < 1.29 is 32.9 Å². The van der Waals surface area contributed by atoms with Crippen molar-refractivity contribution in [1.29, 1.82) is 0 Å². The molecule has 0 saturated heterocycles. The van der Waals surface area contributed by atoms with Gasteiger partial charge in [0.2, 0.25) is 5.91 Å². The van der Waals surface area contributed by atoms with Crippen LogP contribution >= 0.6 is 7.82 Å². The lowest BCUT2D eigenvalue weighted by Crippen LogP contribution is -2.46. The Kier molecular flexibility index (Phi) is 42.0. The number of hydrogen-bond acceptors (Lipinski definition) is 5. The second-order valence-corrected chi connectivity index (χ2v) is 20.4. The molecule has 0 saturated carbocycles. The molecule has 8 nitrogen and oxygen atoms in total. The van der Waals surface area contributed by atoms with E-state index in [4.69, 9.17) is 9.05 Å². The number of carbonyl (C=O) groups excluding carboxylic acids is 1. The van der Waals surface area contributed by atoms with Crippen LogP contribution in [0.3, 0.4) is 0 Å². The van der Waals surface area contributed by atoms with Crippen LogP contribution in [0, 0.1) is 0 Å². The van der Waals surface area contributed by atoms with Crippen molar-refractivity contribution in [2.75, 3.05) is 40.9 Å². The van der Waals surface area contributed by atoms with Crippen molar-refractivity contribution in [3.05, 3.63) is 12.2 Å². The van der Waals surface area contributed by atoms with Gasteiger partial charge in [-0.1, -0.05) is 225 Å². The third kappa shape index (κ3) is 45.1. The molecule has 0 aromatic heterocycles. The summed E-state index contributed by atoms with van der Waals surface area (Å²) < 4.78 is 23.6. The summed E-state index contributed by atoms with van der Waals surface area (Å²) >= 11 is 0. The first-order valence-corrected chi connectivity index (χ1v) is 27.0. The van der Waals surface area contributed by atoms with Gasteiger partial charge in [-0.3, -0.25) is 13.8 Å². The molecular formula is C50H102N2O6P+. The summed E-state index contributed by atoms with van der Waals surface area (Å²) in [6.45, 7) is 4.84. The van der Waals surface area contributed by atoms with Gasteiger partial charge in [0.1, 0.15) is 13.2 Å². The molecule has 0 aromatic carbocycles. The molecule has 352 valence electrons. The van der Waals surface area contributed by atoms with Crippen LogP contribution in [0.1, 0.15) is 251 Å². The van der Waals surface area contributed by atoms with Gasteiger partial charge in [0.05, 0.1) is 39.9 Å². The fourth-order valence-electron chi connectivity index (χ4n) is 7.70. The topological polar surface area (TPSA) is 105 Å². The lowest BCUT2D eigenvalue weighted by atomic mass is 10.0. The molecule has 0 aliphatic heterocycles. The van der Waals surface area contributed by atoms with Crippen molar-refractivity contribution in [1.82, 2.24) is 5.32 Å². The summed E-state index contributed by atoms with van der Waals surface area (Å²) in [7, 11) is 1.62. The van der Waals surface area contributed by atoms with Crippen LogP contribution in [0.5, 0.6) is 0 Å². The highest BCUT2D eigenvalue weighted by atomic mass is 31.2. The Balaban J connectivity index is 4.05. The summed E-state index contributed by atoms with van der Waals surface area (Å²) in [6, 6.07) is -0.760. The summed E-state index contributed by atoms with van der Waals surface area (Å²) in [6.07, 6.45) is 49.9. The predicted molar refractivity (Wildman–Crippen MR) is 254 cm³/mol. The number of likely N-dealkylation sites (N-methyl/N-ethyl adjacent to an activating group) is 1. The zero-order chi connectivity index (χ0) is 43.6. The predicted octanol–water partition coefficient (Wildman–Crippen LogP) is 14.7. The number of aliphatic hydroxyl groups excluding tert-OH is 1. The van der Waals surface area contributed by atoms with E-state index in [2.05, 4.69) is 31.3 Å². The molecule has 3 N–H and O–H groups in total. The number of unbranched alkanes of at least 4 members (excludes halogenated alkanes) is 32. The van der Waals surface area contributed by atoms with Crippen LogP contribution in [0.2, 0.25) is 0 Å². The highest BCUT2D eigenvalue weighted by molar-refractivity contribution is 7.47. The zero-order valence-electron chi connectivity index (χ0n) is 40.0. The number of nitrogens with one attached hydrogen (secondary N) is 1. The molecule has 0 aliphatic carbocycles. The van der Waals surface area contributed by atoms with E-state index in [1.54, 1.807) is 0 Å². The molecule has 0 heterocycles. The SMILES string of the molecule is CCC/C=C\CCCCCCCC(=O)NC(COP(=O)(O)OCC[N+](C)(C)C)C(O)CCCCCCCCCCCCCCCCCCCCCCCCCCCCC. The van der Waals surface area contributed by atoms with Gasteiger partial charge in [-0.2, -0.15) is 0 Å². The molecule has 3 unspecified atom stereocenters. The first-order chi connectivity index (χ1) is 28.5. The average Bonchev–Trinajstić information content (AvgIpc) is 3.19. The molecule has 59 heavy (non-hydrogen) atoms. The molecular weight excluding hydrogens is 756 g/mol. The Bertz CT molecular complexity index is 974. The van der Waals surface area contributed by atoms with Crippen molar-refractivity contribution in [3.8, 4) is 0 Å². The minimum atomic E-state index is -4.31. The summed E-state index contributed by atoms with van der Waals surface area (Å²) in [4.78, 5) is 23.1. The van der Waals surface area contributed by atoms with Crippen molar-refractivity contribution in [2.45, 2.75) is 264 Å². The number of rotatable bonds is 47. The summed E-state index contributed by atoms with van der Waals surface area (Å²) in [5.41, 5.74) is 0. The maximum atomic E-state index is 12.8. The van der Waals surface area contributed by atoms with Gasteiger partial charge in [-0.25, -0.2) is 4.57 Å². The van der Waals surface area contributed by atoms with Crippen LogP contribution in [-0.4, -0.2) is 73.4 Å². The normalized spacial score (nSPS) is 14.2. The molecule has 9 heteroatoms. The number of allylic oxidation sites excluding steroid dienone is 2. The molecule has 0 rings (SSSR count). The number of phosphoric ester groups is 1. The Morgan fingerprint density at radius 1 is 0.559 bits per heavy atom. The van der Waals surface area contributed by atoms with Crippen molar-refractivity contribution in [3.63, 3.8) is 0 Å². The van der Waals surface area contributed by atoms with Crippen LogP contribution in [0.15, 0.2) is 12.2 Å². The average molecular weight is 858 g/mol. The minimum absolute atomic E-state index is 0.0749. The van der Waals surface area contributed by atoms with Gasteiger partial charge < -0.3 is 19.8 Å². The number of nitrogens with zero attached hydrogens (tertiary/aromatic N) is 1. The first-order valence-electron chi connectivity index (χ1n) is 25.6. The van der Waals surface area contributed by atoms with Crippen molar-refractivity contribution in [2.24, 2.45) is 0 Å². The Labute approximate surface area is 367 Å². The largest absolute Gasteiger partial charge is 0.472 e. The summed E-state index contributed by atoms with van der Waals surface area (Å²) in [5, 5.41) is 14.0. The molecule has 0 radical (unpaired) electrons. The number of carbonyl (C=O) groups is 1. The van der Waals surface area contributed by atoms with Crippen molar-refractivity contribution >= 4 is 13.7 Å². The van der Waals surface area contributed by atoms with Crippen LogP contribution in [0.25, 0.3) is 0 Å². The first kappa shape index (κ1) is 58.2. The van der Waals surface area contributed by atoms with E-state index in [0.29, 0.717) is 23.9 Å². The second-order valence-electron chi connectivity index (χ2n) is 18.9. The second kappa shape index (κ2) is 42.5. The quantitative estimate of drug-likeness (QED) is 0.0244.